The van der Waals surface area contributed by atoms with Crippen LogP contribution in [0.1, 0.15) is 75.6 Å². The van der Waals surface area contributed by atoms with Crippen molar-refractivity contribution in [3.05, 3.63) is 216 Å². The Morgan fingerprint density at radius 1 is 0.583 bits per heavy atom. The zero-order chi connectivity index (χ0) is 43.9. The molecule has 1 aliphatic carbocycles. The number of azide groups is 1. The molecule has 6 aromatic carbocycles. The second kappa shape index (κ2) is 18.1. The molecule has 1 aliphatic heterocycles. The van der Waals surface area contributed by atoms with Crippen molar-refractivity contribution >= 4 is 23.0 Å². The molecule has 0 radical (unpaired) electrons. The largest absolute Gasteiger partial charge is 0.442 e. The maximum absolute atomic E-state index is 12.8. The van der Waals surface area contributed by atoms with Crippen LogP contribution in [0.5, 0.6) is 0 Å². The van der Waals surface area contributed by atoms with E-state index in [9.17, 15) is 45.1 Å². The van der Waals surface area contributed by atoms with Crippen LogP contribution in [0.25, 0.3) is 10.4 Å². The average Bonchev–Trinajstić information content (AvgIpc) is 4.07. The summed E-state index contributed by atoms with van der Waals surface area (Å²) < 4.78 is 88.8. The van der Waals surface area contributed by atoms with Crippen LogP contribution in [0.15, 0.2) is 137 Å². The molecular formula is C45H32F7N5O3. The summed E-state index contributed by atoms with van der Waals surface area (Å²) in [6, 6.07) is 35.4. The first-order valence-corrected chi connectivity index (χ1v) is 17.8. The van der Waals surface area contributed by atoms with Gasteiger partial charge in [0.05, 0.1) is 0 Å². The number of fused-ring (bicyclic) bond motifs is 2. The zero-order valence-corrected chi connectivity index (χ0v) is 32.2. The van der Waals surface area contributed by atoms with Gasteiger partial charge in [-0.15, -0.1) is 10.2 Å². The summed E-state index contributed by atoms with van der Waals surface area (Å²) in [5.41, 5.74) is 10.2. The molecule has 0 spiro atoms. The molecule has 304 valence electrons. The van der Waals surface area contributed by atoms with Gasteiger partial charge in [-0.05, 0) is 39.3 Å². The summed E-state index contributed by atoms with van der Waals surface area (Å²) in [6.07, 6.45) is -4.43. The molecule has 0 saturated carbocycles. The summed E-state index contributed by atoms with van der Waals surface area (Å²) in [7, 11) is 0. The van der Waals surface area contributed by atoms with Gasteiger partial charge in [0.25, 0.3) is 0 Å². The van der Waals surface area contributed by atoms with E-state index in [0.29, 0.717) is 22.3 Å². The van der Waals surface area contributed by atoms with Crippen molar-refractivity contribution in [3.63, 3.8) is 0 Å². The fraction of sp³-hybridized carbons (Fsp3) is 0.133. The van der Waals surface area contributed by atoms with E-state index >= 15 is 0 Å². The van der Waals surface area contributed by atoms with Crippen molar-refractivity contribution in [3.8, 4) is 0 Å². The highest BCUT2D eigenvalue weighted by molar-refractivity contribution is 6.28. The van der Waals surface area contributed by atoms with Gasteiger partial charge in [0, 0.05) is 49.4 Å². The van der Waals surface area contributed by atoms with Crippen LogP contribution in [0, 0.1) is 51.0 Å². The van der Waals surface area contributed by atoms with Gasteiger partial charge < -0.3 is 0 Å². The predicted molar refractivity (Wildman–Crippen MR) is 209 cm³/mol. The van der Waals surface area contributed by atoms with Crippen LogP contribution in [0.2, 0.25) is 0 Å². The number of carbonyl (C=O) groups excluding carboxylic acids is 3. The summed E-state index contributed by atoms with van der Waals surface area (Å²) in [4.78, 5) is 38.5. The molecule has 8 nitrogen and oxygen atoms in total. The van der Waals surface area contributed by atoms with E-state index in [1.165, 1.54) is 17.7 Å². The highest BCUT2D eigenvalue weighted by atomic mass is 19.4. The standard InChI is InChI=1S/C15H10O2.C14H12O.C9H7F3N2.C7H3F4N3/c1-9-6-7-12-13(8-9)15(17)11-5-3-2-4-10(11)14(12)16;1-11-7-9-13(10-8-11)14(15)12-5-3-2-4-6-12;1-6-2-4-7(5-3-6)8(13-14-8)9(10,11)12;1-2-3(8)5(10)7(13-14-12)6(11)4(2)9/h2-8H,1H3;2-10H,1H3;2-5H,1H3;1H3. The number of carbonyl (C=O) groups is 3. The molecule has 15 heteroatoms. The van der Waals surface area contributed by atoms with E-state index < -0.39 is 46.4 Å². The average molecular weight is 824 g/mol. The highest BCUT2D eigenvalue weighted by Gasteiger charge is 2.65. The number of hydrogen-bond acceptors (Lipinski definition) is 6. The minimum Gasteiger partial charge on any atom is -0.289 e. The fourth-order valence-electron chi connectivity index (χ4n) is 5.77. The third kappa shape index (κ3) is 9.38. The first kappa shape index (κ1) is 43.9. The van der Waals surface area contributed by atoms with Crippen LogP contribution in [-0.2, 0) is 5.66 Å². The normalized spacial score (nSPS) is 12.8. The van der Waals surface area contributed by atoms with Crippen LogP contribution in [0.3, 0.4) is 0 Å². The smallest absolute Gasteiger partial charge is 0.289 e. The van der Waals surface area contributed by atoms with Crippen LogP contribution >= 0.6 is 0 Å². The minimum absolute atomic E-state index is 0.0566. The second-order valence-electron chi connectivity index (χ2n) is 13.5. The van der Waals surface area contributed by atoms with Crippen molar-refractivity contribution in [1.82, 2.24) is 0 Å². The summed E-state index contributed by atoms with van der Waals surface area (Å²) in [5.74, 6) is -6.55. The molecule has 0 atom stereocenters. The van der Waals surface area contributed by atoms with E-state index in [1.807, 2.05) is 81.4 Å². The van der Waals surface area contributed by atoms with Gasteiger partial charge in [-0.25, -0.2) is 17.6 Å². The van der Waals surface area contributed by atoms with Crippen LogP contribution in [-0.4, -0.2) is 23.5 Å². The topological polar surface area (TPSA) is 125 Å². The molecule has 6 aromatic rings. The summed E-state index contributed by atoms with van der Waals surface area (Å²) in [6.45, 7) is 6.61. The first-order valence-electron chi connectivity index (χ1n) is 17.8. The lowest BCUT2D eigenvalue weighted by molar-refractivity contribution is -0.166. The van der Waals surface area contributed by atoms with E-state index in [2.05, 4.69) is 20.3 Å². The molecule has 0 bridgehead atoms. The third-order valence-electron chi connectivity index (χ3n) is 9.18. The van der Waals surface area contributed by atoms with Gasteiger partial charge in [-0.1, -0.05) is 137 Å². The molecule has 0 aromatic heterocycles. The second-order valence-corrected chi connectivity index (χ2v) is 13.5. The summed E-state index contributed by atoms with van der Waals surface area (Å²) in [5, 5.41) is 8.73. The maximum Gasteiger partial charge on any atom is 0.442 e. The molecular weight excluding hydrogens is 792 g/mol. The lowest BCUT2D eigenvalue weighted by atomic mass is 9.83. The number of halogens is 7. The SMILES string of the molecule is Cc1c(F)c(F)c(N=[N+]=[N-])c(F)c1F.Cc1ccc(C(=O)c2ccccc2)cc1.Cc1ccc(C2(C(F)(F)F)N=N2)cc1.Cc1ccc2c(c1)C(=O)c1ccccc1C2=O. The van der Waals surface area contributed by atoms with Gasteiger partial charge in [-0.3, -0.25) is 14.4 Å². The van der Waals surface area contributed by atoms with Gasteiger partial charge in [-0.2, -0.15) is 13.2 Å². The molecule has 1 heterocycles. The predicted octanol–water partition coefficient (Wildman–Crippen LogP) is 12.7. The lowest BCUT2D eigenvalue weighted by Gasteiger charge is -2.17. The molecule has 2 aliphatic rings. The Balaban J connectivity index is 0.000000152. The lowest BCUT2D eigenvalue weighted by Crippen LogP contribution is -2.29. The zero-order valence-electron chi connectivity index (χ0n) is 32.2. The fourth-order valence-corrected chi connectivity index (χ4v) is 5.77. The van der Waals surface area contributed by atoms with Crippen molar-refractivity contribution in [1.29, 1.82) is 0 Å². The van der Waals surface area contributed by atoms with Gasteiger partial charge in [0.2, 0.25) is 0 Å². The first-order chi connectivity index (χ1) is 28.4. The monoisotopic (exact) mass is 823 g/mol. The van der Waals surface area contributed by atoms with Gasteiger partial charge in [0.15, 0.2) is 40.6 Å². The van der Waals surface area contributed by atoms with Crippen molar-refractivity contribution in [2.75, 3.05) is 0 Å². The number of benzene rings is 6. The number of ketones is 3. The Hall–Kier alpha value is -7.25. The Morgan fingerprint density at radius 2 is 1.02 bits per heavy atom. The number of alkyl halides is 3. The molecule has 60 heavy (non-hydrogen) atoms. The molecule has 0 unspecified atom stereocenters. The number of rotatable bonds is 4. The Labute approximate surface area is 338 Å². The van der Waals surface area contributed by atoms with Crippen LogP contribution in [0.4, 0.5) is 36.4 Å². The maximum atomic E-state index is 12.8. The van der Waals surface area contributed by atoms with Crippen LogP contribution < -0.4 is 0 Å². The Kier molecular flexibility index (Phi) is 13.3. The van der Waals surface area contributed by atoms with E-state index in [0.717, 1.165) is 29.2 Å². The number of aryl methyl sites for hydroxylation is 3. The van der Waals surface area contributed by atoms with E-state index in [-0.39, 0.29) is 22.9 Å². The van der Waals surface area contributed by atoms with Crippen molar-refractivity contribution < 1.29 is 45.1 Å². The number of hydrogen-bond donors (Lipinski definition) is 0. The third-order valence-corrected chi connectivity index (χ3v) is 9.18. The van der Waals surface area contributed by atoms with Gasteiger partial charge >= 0.3 is 11.8 Å². The Morgan fingerprint density at radius 3 is 1.50 bits per heavy atom. The molecule has 0 saturated heterocycles. The quantitative estimate of drug-likeness (QED) is 0.0438. The molecule has 0 N–H and O–H groups in total. The minimum atomic E-state index is -4.43. The summed E-state index contributed by atoms with van der Waals surface area (Å²) >= 11 is 0. The molecule has 0 fully saturated rings. The van der Waals surface area contributed by atoms with Crippen molar-refractivity contribution in [2.45, 2.75) is 39.5 Å². The van der Waals surface area contributed by atoms with Gasteiger partial charge in [0.1, 0.15) is 5.69 Å². The molecule has 8 rings (SSSR count). The van der Waals surface area contributed by atoms with E-state index in [1.54, 1.807) is 48.5 Å². The highest BCUT2D eigenvalue weighted by Crippen LogP contribution is 2.52. The number of nitrogens with zero attached hydrogens (tertiary/aromatic N) is 5. The molecule has 0 amide bonds. The Bertz CT molecular complexity index is 2640. The van der Waals surface area contributed by atoms with E-state index in [4.69, 9.17) is 5.53 Å². The van der Waals surface area contributed by atoms with Crippen molar-refractivity contribution in [2.24, 2.45) is 15.3 Å².